The third kappa shape index (κ3) is 4.58. The Bertz CT molecular complexity index is 1170. The van der Waals surface area contributed by atoms with E-state index in [0.29, 0.717) is 16.0 Å². The summed E-state index contributed by atoms with van der Waals surface area (Å²) in [6.07, 6.45) is 4.77. The molecule has 1 aliphatic rings. The van der Waals surface area contributed by atoms with Crippen LogP contribution in [0.1, 0.15) is 36.5 Å². The topological polar surface area (TPSA) is 106 Å². The van der Waals surface area contributed by atoms with Gasteiger partial charge in [0.2, 0.25) is 5.91 Å². The van der Waals surface area contributed by atoms with Gasteiger partial charge in [0, 0.05) is 13.1 Å². The van der Waals surface area contributed by atoms with E-state index in [9.17, 15) is 14.4 Å². The molecule has 162 valence electrons. The van der Waals surface area contributed by atoms with Gasteiger partial charge in [-0.05, 0) is 38.3 Å². The number of carbonyl (C=O) groups is 2. The number of fused-ring (bicyclic) bond motifs is 1. The highest BCUT2D eigenvalue weighted by atomic mass is 32.1. The number of ether oxygens (including phenoxy) is 1. The number of para-hydroxylation sites is 1. The van der Waals surface area contributed by atoms with Crippen molar-refractivity contribution in [3.8, 4) is 0 Å². The Morgan fingerprint density at radius 2 is 1.97 bits per heavy atom. The van der Waals surface area contributed by atoms with E-state index >= 15 is 0 Å². The first-order chi connectivity index (χ1) is 15.1. The molecule has 9 nitrogen and oxygen atoms in total. The quantitative estimate of drug-likeness (QED) is 0.586. The van der Waals surface area contributed by atoms with Crippen molar-refractivity contribution in [2.45, 2.75) is 32.7 Å². The molecule has 0 radical (unpaired) electrons. The lowest BCUT2D eigenvalue weighted by molar-refractivity contribution is -0.116. The highest BCUT2D eigenvalue weighted by molar-refractivity contribution is 7.22. The summed E-state index contributed by atoms with van der Waals surface area (Å²) < 4.78 is 6.71. The monoisotopic (exact) mass is 441 g/mol. The zero-order chi connectivity index (χ0) is 21.8. The summed E-state index contributed by atoms with van der Waals surface area (Å²) in [6, 6.07) is 6.58. The van der Waals surface area contributed by atoms with Gasteiger partial charge in [-0.15, -0.1) is 0 Å². The van der Waals surface area contributed by atoms with Crippen LogP contribution in [0.5, 0.6) is 0 Å². The zero-order valence-electron chi connectivity index (χ0n) is 17.2. The lowest BCUT2D eigenvalue weighted by Crippen LogP contribution is -2.29. The minimum Gasteiger partial charge on any atom is -0.462 e. The van der Waals surface area contributed by atoms with Gasteiger partial charge in [0.1, 0.15) is 17.6 Å². The van der Waals surface area contributed by atoms with Crippen molar-refractivity contribution in [3.63, 3.8) is 0 Å². The molecule has 31 heavy (non-hydrogen) atoms. The Labute approximate surface area is 182 Å². The maximum absolute atomic E-state index is 12.9. The van der Waals surface area contributed by atoms with Gasteiger partial charge >= 0.3 is 5.97 Å². The highest BCUT2D eigenvalue weighted by Gasteiger charge is 2.19. The summed E-state index contributed by atoms with van der Waals surface area (Å²) >= 11 is 1.31. The number of hydrogen-bond donors (Lipinski definition) is 1. The van der Waals surface area contributed by atoms with Crippen molar-refractivity contribution in [2.24, 2.45) is 0 Å². The number of aromatic nitrogens is 3. The molecule has 1 saturated heterocycles. The molecule has 0 bridgehead atoms. The number of carbonyl (C=O) groups excluding carboxylic acids is 2. The van der Waals surface area contributed by atoms with Crippen LogP contribution in [0.15, 0.2) is 35.4 Å². The molecule has 10 heteroatoms. The molecule has 1 amide bonds. The predicted octanol–water partition coefficient (Wildman–Crippen LogP) is 2.66. The van der Waals surface area contributed by atoms with Gasteiger partial charge in [0.05, 0.1) is 17.9 Å². The van der Waals surface area contributed by atoms with E-state index in [1.165, 1.54) is 28.7 Å². The Morgan fingerprint density at radius 1 is 1.19 bits per heavy atom. The molecule has 3 aromatic rings. The van der Waals surface area contributed by atoms with Crippen molar-refractivity contribution >= 4 is 44.4 Å². The highest BCUT2D eigenvalue weighted by Crippen LogP contribution is 2.27. The van der Waals surface area contributed by atoms with Crippen LogP contribution in [0.4, 0.5) is 10.8 Å². The van der Waals surface area contributed by atoms with Gasteiger partial charge in [-0.1, -0.05) is 23.5 Å². The summed E-state index contributed by atoms with van der Waals surface area (Å²) in [5, 5.41) is 3.48. The fourth-order valence-electron chi connectivity index (χ4n) is 3.49. The first kappa shape index (κ1) is 21.0. The Morgan fingerprint density at radius 3 is 2.74 bits per heavy atom. The van der Waals surface area contributed by atoms with E-state index in [1.807, 2.05) is 0 Å². The van der Waals surface area contributed by atoms with Crippen LogP contribution in [-0.2, 0) is 16.1 Å². The molecule has 1 aromatic carbocycles. The second-order valence-corrected chi connectivity index (χ2v) is 8.17. The van der Waals surface area contributed by atoms with Gasteiger partial charge in [-0.25, -0.2) is 9.78 Å². The molecule has 0 aliphatic carbocycles. The molecular formula is C21H23N5O4S. The maximum atomic E-state index is 12.9. The third-order valence-corrected chi connectivity index (χ3v) is 6.10. The molecule has 1 N–H and O–H groups in total. The van der Waals surface area contributed by atoms with Crippen LogP contribution in [0.2, 0.25) is 0 Å². The minimum absolute atomic E-state index is 0.226. The summed E-state index contributed by atoms with van der Waals surface area (Å²) in [4.78, 5) is 48.5. The second kappa shape index (κ2) is 9.25. The maximum Gasteiger partial charge on any atom is 0.340 e. The number of amides is 1. The fourth-order valence-corrected chi connectivity index (χ4v) is 4.51. The predicted molar refractivity (Wildman–Crippen MR) is 119 cm³/mol. The SMILES string of the molecule is CCOC(=O)c1ccccc1NC(=O)Cn1cnc2nc(N3CCCCC3)sc2c1=O. The number of anilines is 2. The van der Waals surface area contributed by atoms with Crippen molar-refractivity contribution in [3.05, 3.63) is 46.5 Å². The summed E-state index contributed by atoms with van der Waals surface area (Å²) in [6.45, 7) is 3.57. The summed E-state index contributed by atoms with van der Waals surface area (Å²) in [5.74, 6) is -0.964. The van der Waals surface area contributed by atoms with Crippen LogP contribution >= 0.6 is 11.3 Å². The Balaban J connectivity index is 1.52. The van der Waals surface area contributed by atoms with E-state index in [2.05, 4.69) is 20.2 Å². The molecule has 0 unspecified atom stereocenters. The smallest absolute Gasteiger partial charge is 0.340 e. The van der Waals surface area contributed by atoms with Crippen molar-refractivity contribution < 1.29 is 14.3 Å². The average Bonchev–Trinajstić information content (AvgIpc) is 3.22. The van der Waals surface area contributed by atoms with E-state index in [-0.39, 0.29) is 24.3 Å². The largest absolute Gasteiger partial charge is 0.462 e. The first-order valence-corrected chi connectivity index (χ1v) is 11.1. The Kier molecular flexibility index (Phi) is 6.26. The number of thiazole rings is 1. The molecule has 4 rings (SSSR count). The normalized spacial score (nSPS) is 13.9. The lowest BCUT2D eigenvalue weighted by atomic mass is 10.1. The number of hydrogen-bond acceptors (Lipinski definition) is 8. The number of nitrogens with one attached hydrogen (secondary N) is 1. The van der Waals surface area contributed by atoms with Crippen LogP contribution < -0.4 is 15.8 Å². The van der Waals surface area contributed by atoms with Crippen LogP contribution in [0.3, 0.4) is 0 Å². The van der Waals surface area contributed by atoms with Crippen molar-refractivity contribution in [1.29, 1.82) is 0 Å². The van der Waals surface area contributed by atoms with Crippen molar-refractivity contribution in [2.75, 3.05) is 29.9 Å². The molecule has 0 saturated carbocycles. The third-order valence-electron chi connectivity index (χ3n) is 5.01. The van der Waals surface area contributed by atoms with Gasteiger partial charge < -0.3 is 15.0 Å². The number of rotatable bonds is 6. The number of piperidine rings is 1. The molecular weight excluding hydrogens is 418 g/mol. The summed E-state index contributed by atoms with van der Waals surface area (Å²) in [5.41, 5.74) is 0.685. The molecule has 1 fully saturated rings. The van der Waals surface area contributed by atoms with Gasteiger partial charge in [-0.3, -0.25) is 14.2 Å². The van der Waals surface area contributed by atoms with E-state index in [1.54, 1.807) is 31.2 Å². The lowest BCUT2D eigenvalue weighted by Gasteiger charge is -2.25. The second-order valence-electron chi connectivity index (χ2n) is 7.19. The molecule has 2 aromatic heterocycles. The number of esters is 1. The molecule has 0 spiro atoms. The minimum atomic E-state index is -0.520. The van der Waals surface area contributed by atoms with Gasteiger partial charge in [-0.2, -0.15) is 4.98 Å². The average molecular weight is 442 g/mol. The van der Waals surface area contributed by atoms with Gasteiger partial charge in [0.15, 0.2) is 10.8 Å². The fraction of sp³-hybridized carbons (Fsp3) is 0.381. The molecule has 0 atom stereocenters. The number of benzene rings is 1. The van der Waals surface area contributed by atoms with Crippen LogP contribution in [0, 0.1) is 0 Å². The first-order valence-electron chi connectivity index (χ1n) is 10.2. The summed E-state index contributed by atoms with van der Waals surface area (Å²) in [7, 11) is 0. The Hall–Kier alpha value is -3.27. The molecule has 3 heterocycles. The van der Waals surface area contributed by atoms with Crippen LogP contribution in [-0.4, -0.2) is 46.1 Å². The zero-order valence-corrected chi connectivity index (χ0v) is 18.0. The van der Waals surface area contributed by atoms with Crippen LogP contribution in [0.25, 0.3) is 10.3 Å². The standard InChI is InChI=1S/C21H23N5O4S/c1-2-30-20(29)14-8-4-5-9-15(14)23-16(27)12-26-13-22-18-17(19(26)28)31-21(24-18)25-10-6-3-7-11-25/h4-5,8-9,13H,2-3,6-7,10-12H2,1H3,(H,23,27). The number of nitrogens with zero attached hydrogens (tertiary/aromatic N) is 4. The van der Waals surface area contributed by atoms with E-state index < -0.39 is 11.9 Å². The van der Waals surface area contributed by atoms with Crippen molar-refractivity contribution in [1.82, 2.24) is 14.5 Å². The van der Waals surface area contributed by atoms with E-state index in [4.69, 9.17) is 4.74 Å². The molecule has 1 aliphatic heterocycles. The van der Waals surface area contributed by atoms with E-state index in [0.717, 1.165) is 31.1 Å². The van der Waals surface area contributed by atoms with Gasteiger partial charge in [0.25, 0.3) is 5.56 Å².